The summed E-state index contributed by atoms with van der Waals surface area (Å²) in [5.74, 6) is 0. The molecule has 0 radical (unpaired) electrons. The van der Waals surface area contributed by atoms with Crippen LogP contribution >= 0.6 is 22.6 Å². The van der Waals surface area contributed by atoms with Crippen molar-refractivity contribution < 1.29 is 10.0 Å². The topological polar surface area (TPSA) is 40.5 Å². The molecule has 22 heavy (non-hydrogen) atoms. The predicted molar refractivity (Wildman–Crippen MR) is 109 cm³/mol. The van der Waals surface area contributed by atoms with Gasteiger partial charge in [-0.25, -0.2) is 0 Å². The molecule has 0 aliphatic rings. The second-order valence-electron chi connectivity index (χ2n) is 6.08. The summed E-state index contributed by atoms with van der Waals surface area (Å²) in [5, 5.41) is 22.1. The van der Waals surface area contributed by atoms with Crippen molar-refractivity contribution in [3.05, 3.63) is 23.2 Å². The Labute approximate surface area is 151 Å². The Balaban J connectivity index is 6.38. The lowest BCUT2D eigenvalue weighted by Gasteiger charge is -2.55. The molecule has 0 aromatic carbocycles. The molecule has 2 atom stereocenters. The van der Waals surface area contributed by atoms with E-state index in [2.05, 4.69) is 63.3 Å². The van der Waals surface area contributed by atoms with Gasteiger partial charge in [-0.1, -0.05) is 93.9 Å². The highest BCUT2D eigenvalue weighted by atomic mass is 127. The van der Waals surface area contributed by atoms with Crippen molar-refractivity contribution in [2.45, 2.75) is 89.3 Å². The van der Waals surface area contributed by atoms with Crippen LogP contribution < -0.4 is 0 Å². The Morgan fingerprint density at radius 1 is 1.00 bits per heavy atom. The molecular formula is C18H35BIO2-. The van der Waals surface area contributed by atoms with E-state index in [0.29, 0.717) is 6.42 Å². The number of allylic oxidation sites excluding steroid dienone is 4. The first-order valence-corrected chi connectivity index (χ1v) is 10.2. The van der Waals surface area contributed by atoms with E-state index in [1.165, 1.54) is 5.57 Å². The van der Waals surface area contributed by atoms with Crippen molar-refractivity contribution in [1.29, 1.82) is 0 Å². The summed E-state index contributed by atoms with van der Waals surface area (Å²) >= 11 is 2.43. The smallest absolute Gasteiger partial charge is 0.271 e. The molecule has 2 nitrogen and oxygen atoms in total. The van der Waals surface area contributed by atoms with E-state index >= 15 is 0 Å². The van der Waals surface area contributed by atoms with Crippen LogP contribution in [0.5, 0.6) is 0 Å². The summed E-state index contributed by atoms with van der Waals surface area (Å²) in [7, 11) is 0. The summed E-state index contributed by atoms with van der Waals surface area (Å²) in [6, 6.07) is 0. The third kappa shape index (κ3) is 4.18. The molecule has 0 spiro atoms. The van der Waals surface area contributed by atoms with E-state index in [0.717, 1.165) is 37.6 Å². The lowest BCUT2D eigenvalue weighted by atomic mass is 9.30. The SMILES string of the molecule is CC/C=C(\CC)[B-](O)(O)C(CC)(/C(=C/CC)CC)C(I)CC. The molecule has 4 heteroatoms. The van der Waals surface area contributed by atoms with Crippen molar-refractivity contribution in [1.82, 2.24) is 0 Å². The minimum atomic E-state index is -2.58. The van der Waals surface area contributed by atoms with E-state index in [1.807, 2.05) is 13.0 Å². The van der Waals surface area contributed by atoms with Crippen molar-refractivity contribution in [2.24, 2.45) is 0 Å². The van der Waals surface area contributed by atoms with Crippen molar-refractivity contribution in [3.8, 4) is 0 Å². The summed E-state index contributed by atoms with van der Waals surface area (Å²) in [5.41, 5.74) is 2.02. The van der Waals surface area contributed by atoms with Gasteiger partial charge in [0.15, 0.2) is 0 Å². The van der Waals surface area contributed by atoms with Gasteiger partial charge >= 0.3 is 0 Å². The normalized spacial score (nSPS) is 18.2. The second-order valence-corrected chi connectivity index (χ2v) is 7.58. The molecule has 0 amide bonds. The average Bonchev–Trinajstić information content (AvgIpc) is 2.51. The van der Waals surface area contributed by atoms with Gasteiger partial charge in [-0.15, -0.1) is 6.08 Å². The van der Waals surface area contributed by atoms with Crippen LogP contribution in [0, 0.1) is 0 Å². The maximum atomic E-state index is 11.3. The summed E-state index contributed by atoms with van der Waals surface area (Å²) in [4.78, 5) is 0. The van der Waals surface area contributed by atoms with Gasteiger partial charge in [0, 0.05) is 0 Å². The predicted octanol–water partition coefficient (Wildman–Crippen LogP) is 5.81. The lowest BCUT2D eigenvalue weighted by molar-refractivity contribution is 0.306. The van der Waals surface area contributed by atoms with Gasteiger partial charge in [-0.05, 0) is 29.6 Å². The Morgan fingerprint density at radius 2 is 1.55 bits per heavy atom. The zero-order valence-corrected chi connectivity index (χ0v) is 17.5. The fourth-order valence-electron chi connectivity index (χ4n) is 3.91. The van der Waals surface area contributed by atoms with Gasteiger partial charge in [-0.2, -0.15) is 5.47 Å². The zero-order chi connectivity index (χ0) is 17.4. The standard InChI is InChI=1S/C18H35BIO2/c1-7-13-15(9-3)18(12-6,17(20)11-5)19(21,22)16(10-4)14-8-2/h13-14,17,21-22H,7-12H2,1-6H3/q-1/b15-13+,16-14+. The van der Waals surface area contributed by atoms with E-state index in [9.17, 15) is 10.0 Å². The van der Waals surface area contributed by atoms with Gasteiger partial charge in [0.05, 0.1) is 0 Å². The number of halogens is 1. The molecule has 130 valence electrons. The highest BCUT2D eigenvalue weighted by Crippen LogP contribution is 2.56. The first-order chi connectivity index (χ1) is 10.3. The molecule has 0 aromatic heterocycles. The summed E-state index contributed by atoms with van der Waals surface area (Å²) in [6.07, 6.45) is 9.25. The van der Waals surface area contributed by atoms with Crippen LogP contribution in [-0.2, 0) is 0 Å². The van der Waals surface area contributed by atoms with Crippen molar-refractivity contribution in [2.75, 3.05) is 0 Å². The molecule has 0 aliphatic heterocycles. The van der Waals surface area contributed by atoms with Crippen LogP contribution in [0.3, 0.4) is 0 Å². The number of hydrogen-bond donors (Lipinski definition) is 2. The van der Waals surface area contributed by atoms with Crippen molar-refractivity contribution in [3.63, 3.8) is 0 Å². The Kier molecular flexibility index (Phi) is 10.2. The quantitative estimate of drug-likeness (QED) is 0.202. The van der Waals surface area contributed by atoms with E-state index in [-0.39, 0.29) is 3.92 Å². The molecule has 0 aliphatic carbocycles. The lowest BCUT2D eigenvalue weighted by Crippen LogP contribution is -2.55. The summed E-state index contributed by atoms with van der Waals surface area (Å²) < 4.78 is 0.203. The minimum absolute atomic E-state index is 0.203. The van der Waals surface area contributed by atoms with Crippen LogP contribution in [0.25, 0.3) is 0 Å². The van der Waals surface area contributed by atoms with Gasteiger partial charge in [0.1, 0.15) is 0 Å². The molecule has 0 bridgehead atoms. The highest BCUT2D eigenvalue weighted by molar-refractivity contribution is 14.1. The zero-order valence-electron chi connectivity index (χ0n) is 15.3. The average molecular weight is 421 g/mol. The van der Waals surface area contributed by atoms with Crippen molar-refractivity contribution >= 4 is 29.1 Å². The van der Waals surface area contributed by atoms with Crippen LogP contribution in [0.1, 0.15) is 80.1 Å². The Hall–Kier alpha value is 0.195. The number of hydrogen-bond acceptors (Lipinski definition) is 2. The third-order valence-corrected chi connectivity index (χ3v) is 7.03. The Morgan fingerprint density at radius 3 is 1.86 bits per heavy atom. The largest absolute Gasteiger partial charge is 0.579 e. The maximum Gasteiger partial charge on any atom is 0.271 e. The molecule has 2 unspecified atom stereocenters. The first-order valence-electron chi connectivity index (χ1n) is 8.96. The monoisotopic (exact) mass is 421 g/mol. The number of rotatable bonds is 10. The van der Waals surface area contributed by atoms with Gasteiger partial charge in [0.25, 0.3) is 6.55 Å². The molecular weight excluding hydrogens is 386 g/mol. The third-order valence-electron chi connectivity index (χ3n) is 5.04. The van der Waals surface area contributed by atoms with Gasteiger partial charge < -0.3 is 10.0 Å². The fraction of sp³-hybridized carbons (Fsp3) is 0.778. The van der Waals surface area contributed by atoms with Gasteiger partial charge in [-0.3, -0.25) is 0 Å². The molecule has 2 N–H and O–H groups in total. The van der Waals surface area contributed by atoms with Crippen LogP contribution in [0.4, 0.5) is 0 Å². The molecule has 0 fully saturated rings. The molecule has 0 saturated heterocycles. The molecule has 0 heterocycles. The summed E-state index contributed by atoms with van der Waals surface area (Å²) in [6.45, 7) is 9.99. The minimum Gasteiger partial charge on any atom is -0.579 e. The van der Waals surface area contributed by atoms with Gasteiger partial charge in [0.2, 0.25) is 0 Å². The van der Waals surface area contributed by atoms with E-state index in [4.69, 9.17) is 0 Å². The molecule has 0 aromatic rings. The highest BCUT2D eigenvalue weighted by Gasteiger charge is 2.50. The second kappa shape index (κ2) is 10.1. The van der Waals surface area contributed by atoms with E-state index in [1.54, 1.807) is 0 Å². The molecule has 0 saturated carbocycles. The van der Waals surface area contributed by atoms with Crippen LogP contribution in [-0.4, -0.2) is 20.5 Å². The first kappa shape index (κ1) is 22.2. The van der Waals surface area contributed by atoms with Crippen LogP contribution in [0.15, 0.2) is 23.2 Å². The van der Waals surface area contributed by atoms with Crippen LogP contribution in [0.2, 0.25) is 5.31 Å². The Bertz CT molecular complexity index is 391. The van der Waals surface area contributed by atoms with E-state index < -0.39 is 11.9 Å². The number of alkyl halides is 1. The fourth-order valence-corrected chi connectivity index (χ4v) is 5.25. The maximum absolute atomic E-state index is 11.3. The molecule has 0 rings (SSSR count).